The van der Waals surface area contributed by atoms with Gasteiger partial charge in [0.1, 0.15) is 14.0 Å². The Kier molecular flexibility index (Phi) is 4.51. The largest absolute Gasteiger partial charge is 0.409 e. The first-order chi connectivity index (χ1) is 9.00. The second-order valence-corrected chi connectivity index (χ2v) is 12.0. The second-order valence-electron chi connectivity index (χ2n) is 7.28. The molecule has 1 N–H and O–H groups in total. The van der Waals surface area contributed by atoms with Crippen LogP contribution in [0.15, 0.2) is 0 Å². The summed E-state index contributed by atoms with van der Waals surface area (Å²) in [4.78, 5) is 0. The van der Waals surface area contributed by atoms with E-state index < -0.39 is 20.0 Å². The molecule has 0 spiro atoms. The Morgan fingerprint density at radius 2 is 2.00 bits per heavy atom. The summed E-state index contributed by atoms with van der Waals surface area (Å²) in [6.45, 7) is 13.3. The van der Waals surface area contributed by atoms with Crippen LogP contribution in [0.4, 0.5) is 0 Å². The first kappa shape index (κ1) is 15.5. The van der Waals surface area contributed by atoms with E-state index in [0.29, 0.717) is 6.42 Å². The van der Waals surface area contributed by atoms with Gasteiger partial charge in [-0.15, -0.1) is 0 Å². The van der Waals surface area contributed by atoms with Crippen molar-refractivity contribution in [3.05, 3.63) is 0 Å². The molecule has 4 atom stereocenters. The molecule has 1 unspecified atom stereocenters. The van der Waals surface area contributed by atoms with E-state index in [9.17, 15) is 5.11 Å². The van der Waals surface area contributed by atoms with Crippen LogP contribution in [-0.2, 0) is 9.16 Å². The van der Waals surface area contributed by atoms with Gasteiger partial charge in [0.2, 0.25) is 0 Å². The minimum Gasteiger partial charge on any atom is -0.409 e. The quantitative estimate of drug-likeness (QED) is 0.806. The van der Waals surface area contributed by atoms with Crippen LogP contribution < -0.4 is 0 Å². The van der Waals surface area contributed by atoms with Gasteiger partial charge in [0, 0.05) is 1.37 Å². The number of rotatable bonds is 4. The van der Waals surface area contributed by atoms with Gasteiger partial charge in [-0.1, -0.05) is 34.6 Å². The highest BCUT2D eigenvalue weighted by molar-refractivity contribution is 6.74. The monoisotopic (exact) mass is 287 g/mol. The lowest BCUT2D eigenvalue weighted by Crippen LogP contribution is -2.51. The fraction of sp³-hybridized carbons (Fsp3) is 1.00. The van der Waals surface area contributed by atoms with Crippen LogP contribution in [0.5, 0.6) is 0 Å². The number of hydrogen-bond acceptors (Lipinski definition) is 3. The molecule has 1 saturated heterocycles. The van der Waals surface area contributed by atoms with Crippen LogP contribution in [-0.4, -0.2) is 45.1 Å². The average Bonchev–Trinajstić information content (AvgIpc) is 2.53. The number of aliphatic hydroxyl groups excluding tert-OH is 1. The smallest absolute Gasteiger partial charge is 0.192 e. The molecule has 3 nitrogen and oxygen atoms in total. The lowest BCUT2D eigenvalue weighted by atomic mass is 9.86. The van der Waals surface area contributed by atoms with Crippen molar-refractivity contribution in [1.82, 2.24) is 0 Å². The summed E-state index contributed by atoms with van der Waals surface area (Å²) in [5.41, 5.74) is -0.603. The van der Waals surface area contributed by atoms with Crippen molar-refractivity contribution in [1.29, 1.82) is 0 Å². The summed E-state index contributed by atoms with van der Waals surface area (Å²) >= 11 is 0. The van der Waals surface area contributed by atoms with Gasteiger partial charge in [-0.3, -0.25) is 0 Å². The second kappa shape index (κ2) is 5.51. The molecule has 0 aliphatic carbocycles. The molecule has 1 fully saturated rings. The number of hydrogen-bond donors (Lipinski definition) is 1. The molecule has 0 bridgehead atoms. The van der Waals surface area contributed by atoms with Gasteiger partial charge < -0.3 is 14.3 Å². The molecule has 1 aliphatic heterocycles. The zero-order valence-electron chi connectivity index (χ0n) is 14.6. The van der Waals surface area contributed by atoms with Crippen molar-refractivity contribution in [3.63, 3.8) is 0 Å². The zero-order valence-corrected chi connectivity index (χ0v) is 14.6. The van der Waals surface area contributed by atoms with E-state index in [1.165, 1.54) is 0 Å². The Bertz CT molecular complexity index is 335. The molecule has 0 amide bonds. The van der Waals surface area contributed by atoms with Crippen LogP contribution in [0, 0.1) is 0 Å². The van der Waals surface area contributed by atoms with Gasteiger partial charge in [0.25, 0.3) is 0 Å². The van der Waals surface area contributed by atoms with Crippen LogP contribution in [0.3, 0.4) is 0 Å². The predicted molar refractivity (Wildman–Crippen MR) is 84.8 cm³/mol. The van der Waals surface area contributed by atoms with Gasteiger partial charge in [0.05, 0.1) is 17.7 Å². The zero-order chi connectivity index (χ0) is 15.8. The Morgan fingerprint density at radius 1 is 1.42 bits per heavy atom. The molecule has 0 aromatic carbocycles. The fourth-order valence-electron chi connectivity index (χ4n) is 2.42. The maximum absolute atomic E-state index is 10.7. The fourth-order valence-corrected chi connectivity index (χ4v) is 3.77. The van der Waals surface area contributed by atoms with E-state index in [1.807, 2.05) is 14.8 Å². The van der Waals surface area contributed by atoms with Crippen LogP contribution in [0.25, 0.3) is 0 Å². The summed E-state index contributed by atoms with van der Waals surface area (Å²) in [6, 6.07) is -0.120. The molecular weight excluding hydrogens is 255 g/mol. The Hall–Kier alpha value is 0.162. The standard InChI is InChI=1S/C14H31BO3Si/c1-8-14(9-2)11(16)10(12(15)17-14)18-19(6,7)13(3,4)5/h10-12,16H,8-9,15H2,1-7H3/t10-,11?,12+/m0/s1/i1D/t10-,11?,12+,14-. The lowest BCUT2D eigenvalue weighted by Gasteiger charge is -2.40. The first-order valence-electron chi connectivity index (χ1n) is 8.04. The normalized spacial score (nSPS) is 37.4. The Morgan fingerprint density at radius 3 is 2.42 bits per heavy atom. The van der Waals surface area contributed by atoms with E-state index >= 15 is 0 Å². The summed E-state index contributed by atoms with van der Waals surface area (Å²) in [5.74, 6) is 0. The van der Waals surface area contributed by atoms with E-state index in [1.54, 1.807) is 0 Å². The van der Waals surface area contributed by atoms with Crippen molar-refractivity contribution in [2.75, 3.05) is 0 Å². The third kappa shape index (κ3) is 3.09. The van der Waals surface area contributed by atoms with E-state index in [0.717, 1.165) is 6.42 Å². The van der Waals surface area contributed by atoms with Crippen LogP contribution in [0.2, 0.25) is 18.1 Å². The van der Waals surface area contributed by atoms with Crippen LogP contribution >= 0.6 is 0 Å². The van der Waals surface area contributed by atoms with Crippen molar-refractivity contribution in [3.8, 4) is 0 Å². The molecule has 112 valence electrons. The summed E-state index contributed by atoms with van der Waals surface area (Å²) in [5, 5.41) is 10.8. The maximum atomic E-state index is 10.7. The summed E-state index contributed by atoms with van der Waals surface area (Å²) < 4.78 is 19.9. The average molecular weight is 287 g/mol. The van der Waals surface area contributed by atoms with E-state index in [4.69, 9.17) is 10.5 Å². The third-order valence-electron chi connectivity index (χ3n) is 4.99. The van der Waals surface area contributed by atoms with Gasteiger partial charge in [0.15, 0.2) is 8.32 Å². The third-order valence-corrected chi connectivity index (χ3v) is 9.47. The minimum atomic E-state index is -1.94. The van der Waals surface area contributed by atoms with Gasteiger partial charge in [-0.25, -0.2) is 0 Å². The molecule has 0 saturated carbocycles. The molecule has 0 aromatic rings. The van der Waals surface area contributed by atoms with Crippen molar-refractivity contribution < 1.29 is 15.6 Å². The van der Waals surface area contributed by atoms with Gasteiger partial charge in [-0.2, -0.15) is 0 Å². The highest BCUT2D eigenvalue weighted by Gasteiger charge is 2.53. The lowest BCUT2D eigenvalue weighted by molar-refractivity contribution is -0.0735. The Balaban J connectivity index is 2.92. The van der Waals surface area contributed by atoms with Crippen LogP contribution in [0.1, 0.15) is 48.8 Å². The van der Waals surface area contributed by atoms with Crippen molar-refractivity contribution in [2.24, 2.45) is 0 Å². The Labute approximate surface area is 122 Å². The predicted octanol–water partition coefficient (Wildman–Crippen LogP) is 2.29. The topological polar surface area (TPSA) is 38.7 Å². The molecular formula is C14H31BO3Si. The molecule has 0 aromatic heterocycles. The molecule has 0 radical (unpaired) electrons. The summed E-state index contributed by atoms with van der Waals surface area (Å²) in [7, 11) is 0.0359. The number of ether oxygens (including phenoxy) is 1. The van der Waals surface area contributed by atoms with Crippen molar-refractivity contribution in [2.45, 2.75) is 89.4 Å². The molecule has 5 heteroatoms. The van der Waals surface area contributed by atoms with Gasteiger partial charge in [-0.05, 0) is 31.0 Å². The first-order valence-corrected chi connectivity index (χ1v) is 10.2. The number of aliphatic hydroxyl groups is 1. The minimum absolute atomic E-state index is 0.110. The molecule has 1 heterocycles. The molecule has 1 aliphatic rings. The van der Waals surface area contributed by atoms with Gasteiger partial charge >= 0.3 is 0 Å². The van der Waals surface area contributed by atoms with Crippen molar-refractivity contribution >= 4 is 16.2 Å². The molecule has 1 rings (SSSR count). The summed E-state index contributed by atoms with van der Waals surface area (Å²) in [6.07, 6.45) is 0.366. The van der Waals surface area contributed by atoms with E-state index in [2.05, 4.69) is 33.9 Å². The maximum Gasteiger partial charge on any atom is 0.192 e. The highest BCUT2D eigenvalue weighted by Crippen LogP contribution is 2.42. The SMILES string of the molecule is [2H]CC[C@@]1(CC)O[C@@H](B)[C@@H](O[Si](C)(C)C(C)(C)C)C1O. The molecule has 19 heavy (non-hydrogen) atoms. The van der Waals surface area contributed by atoms with E-state index in [-0.39, 0.29) is 24.0 Å². The highest BCUT2D eigenvalue weighted by atomic mass is 28.4.